The van der Waals surface area contributed by atoms with Crippen LogP contribution in [0.3, 0.4) is 0 Å². The standard InChI is InChI=1S/C10H15N3O2S.ClH/c14-16(15,10-12-5-2-6-13-10)8-9-3-1-4-11-7-9;/h2,5-6,9,11H,1,3-4,7-8H2;1H. The molecule has 0 spiro atoms. The second-order valence-corrected chi connectivity index (χ2v) is 5.95. The van der Waals surface area contributed by atoms with Crippen molar-refractivity contribution in [2.45, 2.75) is 18.0 Å². The summed E-state index contributed by atoms with van der Waals surface area (Å²) in [6.45, 7) is 1.75. The van der Waals surface area contributed by atoms with Gasteiger partial charge in [-0.25, -0.2) is 18.4 Å². The molecule has 0 saturated carbocycles. The molecule has 0 radical (unpaired) electrons. The molecule has 1 aliphatic heterocycles. The van der Waals surface area contributed by atoms with Crippen LogP contribution in [0.25, 0.3) is 0 Å². The number of nitrogens with one attached hydrogen (secondary N) is 1. The van der Waals surface area contributed by atoms with Crippen molar-refractivity contribution in [3.63, 3.8) is 0 Å². The van der Waals surface area contributed by atoms with E-state index in [0.29, 0.717) is 0 Å². The Morgan fingerprint density at radius 3 is 2.65 bits per heavy atom. The van der Waals surface area contributed by atoms with Crippen molar-refractivity contribution < 1.29 is 8.42 Å². The van der Waals surface area contributed by atoms with Gasteiger partial charge in [0.25, 0.3) is 0 Å². The number of sulfone groups is 1. The molecule has 7 heteroatoms. The molecule has 0 aliphatic carbocycles. The fourth-order valence-corrected chi connectivity index (χ4v) is 3.39. The van der Waals surface area contributed by atoms with E-state index in [1.807, 2.05) is 0 Å². The van der Waals surface area contributed by atoms with Crippen LogP contribution in [0.4, 0.5) is 0 Å². The number of rotatable bonds is 3. The van der Waals surface area contributed by atoms with Gasteiger partial charge >= 0.3 is 0 Å². The van der Waals surface area contributed by atoms with Crippen LogP contribution < -0.4 is 5.32 Å². The first-order valence-electron chi connectivity index (χ1n) is 5.39. The third-order valence-corrected chi connectivity index (χ3v) is 4.35. The molecule has 1 saturated heterocycles. The Morgan fingerprint density at radius 1 is 1.35 bits per heavy atom. The summed E-state index contributed by atoms with van der Waals surface area (Å²) in [4.78, 5) is 7.59. The summed E-state index contributed by atoms with van der Waals surface area (Å²) in [5.74, 6) is 0.326. The van der Waals surface area contributed by atoms with Crippen molar-refractivity contribution in [2.24, 2.45) is 5.92 Å². The maximum absolute atomic E-state index is 11.9. The lowest BCUT2D eigenvalue weighted by Crippen LogP contribution is -2.34. The van der Waals surface area contributed by atoms with Crippen molar-refractivity contribution in [3.8, 4) is 0 Å². The number of piperidine rings is 1. The van der Waals surface area contributed by atoms with Gasteiger partial charge in [0.15, 0.2) is 0 Å². The monoisotopic (exact) mass is 277 g/mol. The van der Waals surface area contributed by atoms with Crippen LogP contribution in [0.2, 0.25) is 0 Å². The van der Waals surface area contributed by atoms with Crippen molar-refractivity contribution in [1.82, 2.24) is 15.3 Å². The Balaban J connectivity index is 0.00000144. The fourth-order valence-electron chi connectivity index (χ4n) is 1.90. The quantitative estimate of drug-likeness (QED) is 0.823. The predicted molar refractivity (Wildman–Crippen MR) is 66.9 cm³/mol. The molecular formula is C10H16ClN3O2S. The Hall–Kier alpha value is -0.720. The first-order valence-corrected chi connectivity index (χ1v) is 7.04. The Morgan fingerprint density at radius 2 is 2.06 bits per heavy atom. The molecule has 17 heavy (non-hydrogen) atoms. The summed E-state index contributed by atoms with van der Waals surface area (Å²) in [5.41, 5.74) is 0. The normalized spacial score (nSPS) is 20.6. The topological polar surface area (TPSA) is 72.0 Å². The van der Waals surface area contributed by atoms with Gasteiger partial charge in [0, 0.05) is 12.4 Å². The van der Waals surface area contributed by atoms with Crippen LogP contribution >= 0.6 is 12.4 Å². The van der Waals surface area contributed by atoms with Crippen molar-refractivity contribution in [1.29, 1.82) is 0 Å². The summed E-state index contributed by atoms with van der Waals surface area (Å²) in [6.07, 6.45) is 4.91. The Kier molecular flexibility index (Phi) is 5.30. The highest BCUT2D eigenvalue weighted by Gasteiger charge is 2.24. The molecule has 2 heterocycles. The Bertz CT molecular complexity index is 432. The van der Waals surface area contributed by atoms with Crippen molar-refractivity contribution >= 4 is 22.2 Å². The molecule has 1 N–H and O–H groups in total. The van der Waals surface area contributed by atoms with Crippen molar-refractivity contribution in [3.05, 3.63) is 18.5 Å². The molecule has 0 amide bonds. The van der Waals surface area contributed by atoms with E-state index in [9.17, 15) is 8.42 Å². The van der Waals surface area contributed by atoms with Gasteiger partial charge < -0.3 is 5.32 Å². The largest absolute Gasteiger partial charge is 0.316 e. The lowest BCUT2D eigenvalue weighted by Gasteiger charge is -2.21. The molecule has 1 aromatic rings. The zero-order valence-electron chi connectivity index (χ0n) is 9.37. The van der Waals surface area contributed by atoms with Crippen LogP contribution in [0.15, 0.2) is 23.6 Å². The molecule has 1 fully saturated rings. The maximum atomic E-state index is 11.9. The third-order valence-electron chi connectivity index (χ3n) is 2.67. The van der Waals surface area contributed by atoms with E-state index in [4.69, 9.17) is 0 Å². The van der Waals surface area contributed by atoms with E-state index in [1.165, 1.54) is 12.4 Å². The molecule has 96 valence electrons. The van der Waals surface area contributed by atoms with Gasteiger partial charge in [0.1, 0.15) is 0 Å². The van der Waals surface area contributed by atoms with Crippen LogP contribution in [0, 0.1) is 5.92 Å². The predicted octanol–water partition coefficient (Wildman–Crippen LogP) is 0.672. The van der Waals surface area contributed by atoms with E-state index >= 15 is 0 Å². The lowest BCUT2D eigenvalue weighted by molar-refractivity contribution is 0.403. The Labute approximate surface area is 107 Å². The van der Waals surface area contributed by atoms with Crippen LogP contribution in [0.1, 0.15) is 12.8 Å². The third kappa shape index (κ3) is 3.90. The number of halogens is 1. The summed E-state index contributed by atoms with van der Waals surface area (Å²) in [6, 6.07) is 1.61. The van der Waals surface area contributed by atoms with E-state index in [2.05, 4.69) is 15.3 Å². The molecule has 1 aliphatic rings. The van der Waals surface area contributed by atoms with Gasteiger partial charge in [0.05, 0.1) is 5.75 Å². The van der Waals surface area contributed by atoms with Crippen molar-refractivity contribution in [2.75, 3.05) is 18.8 Å². The fraction of sp³-hybridized carbons (Fsp3) is 0.600. The zero-order chi connectivity index (χ0) is 11.4. The minimum atomic E-state index is -3.32. The molecule has 1 aromatic heterocycles. The minimum Gasteiger partial charge on any atom is -0.316 e. The van der Waals surface area contributed by atoms with E-state index in [1.54, 1.807) is 6.07 Å². The lowest BCUT2D eigenvalue weighted by atomic mass is 10.0. The summed E-state index contributed by atoms with van der Waals surface area (Å²) >= 11 is 0. The van der Waals surface area contributed by atoms with Gasteiger partial charge in [-0.3, -0.25) is 0 Å². The summed E-state index contributed by atoms with van der Waals surface area (Å²) in [7, 11) is -3.32. The summed E-state index contributed by atoms with van der Waals surface area (Å²) < 4.78 is 23.9. The molecule has 0 bridgehead atoms. The summed E-state index contributed by atoms with van der Waals surface area (Å²) in [5, 5.41) is 3.15. The highest BCUT2D eigenvalue weighted by atomic mass is 35.5. The highest BCUT2D eigenvalue weighted by Crippen LogP contribution is 2.15. The number of hydrogen-bond acceptors (Lipinski definition) is 5. The highest BCUT2D eigenvalue weighted by molar-refractivity contribution is 7.91. The second-order valence-electron chi connectivity index (χ2n) is 4.03. The zero-order valence-corrected chi connectivity index (χ0v) is 11.0. The van der Waals surface area contributed by atoms with E-state index in [0.717, 1.165) is 25.9 Å². The first-order chi connectivity index (χ1) is 7.68. The molecule has 1 unspecified atom stereocenters. The average Bonchev–Trinajstić information content (AvgIpc) is 2.31. The van der Waals surface area contributed by atoms with Crippen LogP contribution in [-0.4, -0.2) is 37.2 Å². The van der Waals surface area contributed by atoms with Gasteiger partial charge in [-0.2, -0.15) is 0 Å². The molecule has 5 nitrogen and oxygen atoms in total. The van der Waals surface area contributed by atoms with Gasteiger partial charge in [-0.05, 0) is 37.9 Å². The average molecular weight is 278 g/mol. The molecule has 0 aromatic carbocycles. The number of aromatic nitrogens is 2. The number of nitrogens with zero attached hydrogens (tertiary/aromatic N) is 2. The van der Waals surface area contributed by atoms with Crippen LogP contribution in [-0.2, 0) is 9.84 Å². The molecular weight excluding hydrogens is 262 g/mol. The SMILES string of the molecule is Cl.O=S(=O)(CC1CCCNC1)c1ncccn1. The van der Waals surface area contributed by atoms with Gasteiger partial charge in [0.2, 0.25) is 15.0 Å². The molecule has 1 atom stereocenters. The minimum absolute atomic E-state index is 0. The maximum Gasteiger partial charge on any atom is 0.247 e. The molecule has 2 rings (SSSR count). The van der Waals surface area contributed by atoms with Gasteiger partial charge in [-0.15, -0.1) is 12.4 Å². The smallest absolute Gasteiger partial charge is 0.247 e. The van der Waals surface area contributed by atoms with Crippen LogP contribution in [0.5, 0.6) is 0 Å². The number of hydrogen-bond donors (Lipinski definition) is 1. The van der Waals surface area contributed by atoms with E-state index in [-0.39, 0.29) is 29.2 Å². The first kappa shape index (κ1) is 14.3. The second kappa shape index (κ2) is 6.28. The van der Waals surface area contributed by atoms with Gasteiger partial charge in [-0.1, -0.05) is 0 Å². The van der Waals surface area contributed by atoms with E-state index < -0.39 is 9.84 Å².